The number of hydrogen-bond acceptors (Lipinski definition) is 6. The van der Waals surface area contributed by atoms with Gasteiger partial charge in [0.25, 0.3) is 0 Å². The number of rotatable bonds is 8. The molecule has 8 heteroatoms. The maximum Gasteiger partial charge on any atom is 0.333 e. The molecule has 1 aliphatic rings. The van der Waals surface area contributed by atoms with Gasteiger partial charge in [0.05, 0.1) is 19.2 Å². The molecule has 0 aliphatic carbocycles. The van der Waals surface area contributed by atoms with Crippen LogP contribution < -0.4 is 5.32 Å². The van der Waals surface area contributed by atoms with Crippen molar-refractivity contribution in [3.05, 3.63) is 11.6 Å². The number of carbonyl (C=O) groups excluding carboxylic acids is 3. The zero-order chi connectivity index (χ0) is 24.8. The molecule has 1 saturated heterocycles. The number of piperidine rings is 1. The van der Waals surface area contributed by atoms with Crippen LogP contribution in [0.4, 0.5) is 0 Å². The van der Waals surface area contributed by atoms with Gasteiger partial charge in [-0.3, -0.25) is 9.59 Å². The molecule has 0 unspecified atom stereocenters. The lowest BCUT2D eigenvalue weighted by Gasteiger charge is -2.29. The van der Waals surface area contributed by atoms with E-state index >= 15 is 0 Å². The number of likely N-dealkylation sites (tertiary alicyclic amines) is 1. The van der Waals surface area contributed by atoms with Crippen molar-refractivity contribution in [3.63, 3.8) is 0 Å². The van der Waals surface area contributed by atoms with Gasteiger partial charge in [-0.15, -0.1) is 0 Å². The molecule has 1 heterocycles. The van der Waals surface area contributed by atoms with E-state index in [2.05, 4.69) is 17.3 Å². The van der Waals surface area contributed by atoms with Crippen molar-refractivity contribution in [2.45, 2.75) is 66.8 Å². The summed E-state index contributed by atoms with van der Waals surface area (Å²) in [5, 5.41) is 9.34. The molecular formula is C23H47N3O5. The van der Waals surface area contributed by atoms with Crippen LogP contribution in [0.15, 0.2) is 11.6 Å². The molecule has 0 saturated carbocycles. The van der Waals surface area contributed by atoms with Crippen molar-refractivity contribution >= 4 is 18.3 Å². The lowest BCUT2D eigenvalue weighted by molar-refractivity contribution is -0.138. The van der Waals surface area contributed by atoms with Gasteiger partial charge in [-0.1, -0.05) is 40.2 Å². The minimum atomic E-state index is -0.384. The standard InChI is InChI=1S/C14H24N2O4.C6H13N.C2H6.CH4O/c1-6-20-14(19)11(4)7-12(10(2)3)16(5)13(18)8-15-9-17;1-7-5-3-2-4-6-7;2*1-2/h7,9-10,12H,6,8H2,1-5H3,(H,15,17);2-6H2,1H3;1-2H3;2H,1H3/b11-7+;;;/t12-;;;/m1.../s1. The van der Waals surface area contributed by atoms with Gasteiger partial charge in [0.2, 0.25) is 12.3 Å². The number of aliphatic hydroxyl groups excluding tert-OH is 1. The van der Waals surface area contributed by atoms with E-state index in [0.29, 0.717) is 18.6 Å². The number of amides is 2. The summed E-state index contributed by atoms with van der Waals surface area (Å²) in [5.74, 6) is -0.474. The quantitative estimate of drug-likeness (QED) is 0.338. The third-order valence-corrected chi connectivity index (χ3v) is 4.46. The van der Waals surface area contributed by atoms with E-state index in [-0.39, 0.29) is 30.4 Å². The first-order chi connectivity index (χ1) is 14.7. The first kappa shape index (κ1) is 33.7. The highest BCUT2D eigenvalue weighted by molar-refractivity contribution is 5.88. The third kappa shape index (κ3) is 17.4. The lowest BCUT2D eigenvalue weighted by Crippen LogP contribution is -2.43. The average Bonchev–Trinajstić information content (AvgIpc) is 2.78. The molecule has 1 fully saturated rings. The normalized spacial score (nSPS) is 14.4. The Morgan fingerprint density at radius 2 is 1.68 bits per heavy atom. The molecule has 0 aromatic rings. The molecule has 2 amide bonds. The van der Waals surface area contributed by atoms with Gasteiger partial charge < -0.3 is 25.0 Å². The zero-order valence-corrected chi connectivity index (χ0v) is 21.2. The van der Waals surface area contributed by atoms with E-state index in [1.54, 1.807) is 27.0 Å². The second kappa shape index (κ2) is 22.7. The smallest absolute Gasteiger partial charge is 0.333 e. The summed E-state index contributed by atoms with van der Waals surface area (Å²) in [7, 11) is 4.84. The van der Waals surface area contributed by atoms with Crippen LogP contribution in [0.1, 0.15) is 60.8 Å². The number of aliphatic hydroxyl groups is 1. The van der Waals surface area contributed by atoms with Crippen molar-refractivity contribution < 1.29 is 24.2 Å². The van der Waals surface area contributed by atoms with Crippen molar-refractivity contribution in [1.29, 1.82) is 0 Å². The Morgan fingerprint density at radius 3 is 2.03 bits per heavy atom. The molecule has 1 rings (SSSR count). The summed E-state index contributed by atoms with van der Waals surface area (Å²) < 4.78 is 4.92. The van der Waals surface area contributed by atoms with Gasteiger partial charge in [-0.2, -0.15) is 0 Å². The lowest BCUT2D eigenvalue weighted by atomic mass is 10.00. The van der Waals surface area contributed by atoms with E-state index in [1.807, 2.05) is 27.7 Å². The van der Waals surface area contributed by atoms with Gasteiger partial charge in [0.1, 0.15) is 0 Å². The topological polar surface area (TPSA) is 99.2 Å². The van der Waals surface area contributed by atoms with Crippen LogP contribution in [0, 0.1) is 5.92 Å². The predicted octanol–water partition coefficient (Wildman–Crippen LogP) is 2.46. The molecule has 0 radical (unpaired) electrons. The van der Waals surface area contributed by atoms with Gasteiger partial charge in [0, 0.05) is 19.7 Å². The number of carbonyl (C=O) groups is 3. The van der Waals surface area contributed by atoms with Crippen molar-refractivity contribution in [2.24, 2.45) is 5.92 Å². The van der Waals surface area contributed by atoms with Crippen LogP contribution in [-0.4, -0.2) is 86.7 Å². The second-order valence-electron chi connectivity index (χ2n) is 7.17. The zero-order valence-electron chi connectivity index (χ0n) is 21.2. The summed E-state index contributed by atoms with van der Waals surface area (Å²) >= 11 is 0. The molecule has 184 valence electrons. The van der Waals surface area contributed by atoms with Crippen molar-refractivity contribution in [1.82, 2.24) is 15.1 Å². The fraction of sp³-hybridized carbons (Fsp3) is 0.783. The Labute approximate surface area is 190 Å². The molecule has 1 atom stereocenters. The number of nitrogens with one attached hydrogen (secondary N) is 1. The highest BCUT2D eigenvalue weighted by atomic mass is 16.5. The minimum absolute atomic E-state index is 0.0600. The molecule has 8 nitrogen and oxygen atoms in total. The fourth-order valence-electron chi connectivity index (χ4n) is 2.79. The first-order valence-corrected chi connectivity index (χ1v) is 11.2. The summed E-state index contributed by atoms with van der Waals surface area (Å²) in [5.41, 5.74) is 0.466. The van der Waals surface area contributed by atoms with E-state index in [0.717, 1.165) is 7.11 Å². The van der Waals surface area contributed by atoms with E-state index < -0.39 is 0 Å². The highest BCUT2D eigenvalue weighted by Crippen LogP contribution is 2.14. The van der Waals surface area contributed by atoms with Crippen molar-refractivity contribution in [2.75, 3.05) is 47.4 Å². The summed E-state index contributed by atoms with van der Waals surface area (Å²) in [6, 6.07) is -0.236. The molecular weight excluding hydrogens is 398 g/mol. The highest BCUT2D eigenvalue weighted by Gasteiger charge is 2.22. The van der Waals surface area contributed by atoms with Gasteiger partial charge >= 0.3 is 5.97 Å². The van der Waals surface area contributed by atoms with Gasteiger partial charge in [-0.05, 0) is 52.7 Å². The molecule has 0 aromatic heterocycles. The van der Waals surface area contributed by atoms with E-state index in [1.165, 1.54) is 37.3 Å². The Hall–Kier alpha value is -1.93. The summed E-state index contributed by atoms with van der Waals surface area (Å²) in [6.45, 7) is 14.2. The Balaban J connectivity index is -0.000000585. The molecule has 0 aromatic carbocycles. The largest absolute Gasteiger partial charge is 0.463 e. The Morgan fingerprint density at radius 1 is 1.16 bits per heavy atom. The molecule has 1 aliphatic heterocycles. The van der Waals surface area contributed by atoms with Crippen molar-refractivity contribution in [3.8, 4) is 0 Å². The van der Waals surface area contributed by atoms with Crippen LogP contribution in [0.5, 0.6) is 0 Å². The van der Waals surface area contributed by atoms with Crippen LogP contribution in [0.25, 0.3) is 0 Å². The fourth-order valence-corrected chi connectivity index (χ4v) is 2.79. The monoisotopic (exact) mass is 445 g/mol. The van der Waals surface area contributed by atoms with E-state index in [4.69, 9.17) is 9.84 Å². The van der Waals surface area contributed by atoms with Crippen LogP contribution in [0.2, 0.25) is 0 Å². The Kier molecular flexibility index (Phi) is 24.7. The SMILES string of the molecule is CC.CCOC(=O)/C(C)=C/[C@H](C(C)C)N(C)C(=O)CNC=O.CN1CCCCC1.CO. The number of esters is 1. The first-order valence-electron chi connectivity index (χ1n) is 11.2. The number of ether oxygens (including phenoxy) is 1. The average molecular weight is 446 g/mol. The molecule has 0 bridgehead atoms. The second-order valence-corrected chi connectivity index (χ2v) is 7.17. The van der Waals surface area contributed by atoms with E-state index in [9.17, 15) is 14.4 Å². The number of hydrogen-bond donors (Lipinski definition) is 2. The number of nitrogens with zero attached hydrogens (tertiary/aromatic N) is 2. The van der Waals surface area contributed by atoms with Crippen LogP contribution in [0.3, 0.4) is 0 Å². The summed E-state index contributed by atoms with van der Waals surface area (Å²) in [4.78, 5) is 37.6. The maximum atomic E-state index is 11.9. The predicted molar refractivity (Wildman–Crippen MR) is 127 cm³/mol. The number of likely N-dealkylation sites (N-methyl/N-ethyl adjacent to an activating group) is 1. The minimum Gasteiger partial charge on any atom is -0.463 e. The maximum absolute atomic E-state index is 11.9. The van der Waals surface area contributed by atoms with Crippen LogP contribution >= 0.6 is 0 Å². The van der Waals surface area contributed by atoms with Crippen LogP contribution in [-0.2, 0) is 19.1 Å². The molecule has 2 N–H and O–H groups in total. The Bertz CT molecular complexity index is 490. The summed E-state index contributed by atoms with van der Waals surface area (Å²) in [6.07, 6.45) is 6.48. The third-order valence-electron chi connectivity index (χ3n) is 4.46. The molecule has 0 spiro atoms. The molecule has 31 heavy (non-hydrogen) atoms. The van der Waals surface area contributed by atoms with Gasteiger partial charge in [-0.25, -0.2) is 4.79 Å². The van der Waals surface area contributed by atoms with Gasteiger partial charge in [0.15, 0.2) is 0 Å².